The smallest absolute Gasteiger partial charge is 0.295 e. The van der Waals surface area contributed by atoms with Gasteiger partial charge in [0.1, 0.15) is 36.5 Å². The summed E-state index contributed by atoms with van der Waals surface area (Å²) in [7, 11) is 0. The van der Waals surface area contributed by atoms with Gasteiger partial charge in [0, 0.05) is 31.7 Å². The minimum Gasteiger partial charge on any atom is -0.507 e. The van der Waals surface area contributed by atoms with Crippen LogP contribution in [-0.2, 0) is 14.3 Å². The van der Waals surface area contributed by atoms with Crippen LogP contribution in [0.1, 0.15) is 29.5 Å². The number of furan rings is 1. The highest BCUT2D eigenvalue weighted by molar-refractivity contribution is 6.46. The highest BCUT2D eigenvalue weighted by atomic mass is 16.6. The maximum absolute atomic E-state index is 13.1. The summed E-state index contributed by atoms with van der Waals surface area (Å²) >= 11 is 0. The van der Waals surface area contributed by atoms with Gasteiger partial charge in [-0.1, -0.05) is 0 Å². The van der Waals surface area contributed by atoms with E-state index in [-0.39, 0.29) is 11.3 Å². The number of benzene rings is 1. The minimum atomic E-state index is -0.799. The Labute approximate surface area is 197 Å². The van der Waals surface area contributed by atoms with Gasteiger partial charge >= 0.3 is 0 Å². The van der Waals surface area contributed by atoms with Crippen molar-refractivity contribution in [2.24, 2.45) is 0 Å². The molecule has 0 saturated carbocycles. The lowest BCUT2D eigenvalue weighted by Crippen LogP contribution is -2.38. The zero-order chi connectivity index (χ0) is 23.7. The predicted molar refractivity (Wildman–Crippen MR) is 122 cm³/mol. The van der Waals surface area contributed by atoms with E-state index in [9.17, 15) is 14.7 Å². The summed E-state index contributed by atoms with van der Waals surface area (Å²) in [5, 5.41) is 11.2. The van der Waals surface area contributed by atoms with Crippen LogP contribution >= 0.6 is 0 Å². The number of morpholine rings is 1. The fraction of sp³-hybridized carbons (Fsp3) is 0.440. The number of rotatable bonds is 6. The van der Waals surface area contributed by atoms with Gasteiger partial charge in [0.05, 0.1) is 18.8 Å². The molecule has 9 nitrogen and oxygen atoms in total. The van der Waals surface area contributed by atoms with Crippen molar-refractivity contribution in [1.29, 1.82) is 0 Å². The second-order valence-corrected chi connectivity index (χ2v) is 8.61. The number of aryl methyl sites for hydroxylation is 1. The average Bonchev–Trinajstić information content (AvgIpc) is 3.40. The van der Waals surface area contributed by atoms with Crippen LogP contribution in [0, 0.1) is 6.92 Å². The number of nitrogens with zero attached hydrogens (tertiary/aromatic N) is 2. The predicted octanol–water partition coefficient (Wildman–Crippen LogP) is 2.50. The highest BCUT2D eigenvalue weighted by Gasteiger charge is 2.47. The molecule has 5 rings (SSSR count). The van der Waals surface area contributed by atoms with Crippen molar-refractivity contribution >= 4 is 17.4 Å². The summed E-state index contributed by atoms with van der Waals surface area (Å²) < 4.78 is 22.4. The molecule has 1 aromatic heterocycles. The van der Waals surface area contributed by atoms with Gasteiger partial charge in [-0.2, -0.15) is 0 Å². The first kappa shape index (κ1) is 22.5. The maximum atomic E-state index is 13.1. The van der Waals surface area contributed by atoms with Crippen LogP contribution in [0.25, 0.3) is 5.76 Å². The first-order valence-electron chi connectivity index (χ1n) is 11.6. The second kappa shape index (κ2) is 9.52. The van der Waals surface area contributed by atoms with E-state index in [0.717, 1.165) is 19.6 Å². The van der Waals surface area contributed by atoms with E-state index >= 15 is 0 Å². The number of aliphatic hydroxyl groups excluding tert-OH is 1. The quantitative estimate of drug-likeness (QED) is 0.392. The number of ketones is 1. The molecular weight excluding hydrogens is 440 g/mol. The summed E-state index contributed by atoms with van der Waals surface area (Å²) in [6.45, 7) is 6.91. The van der Waals surface area contributed by atoms with Crippen LogP contribution in [0.3, 0.4) is 0 Å². The van der Waals surface area contributed by atoms with Gasteiger partial charge in [-0.3, -0.25) is 14.5 Å². The van der Waals surface area contributed by atoms with E-state index in [4.69, 9.17) is 18.6 Å². The fourth-order valence-electron chi connectivity index (χ4n) is 4.64. The van der Waals surface area contributed by atoms with Crippen LogP contribution in [0.5, 0.6) is 11.5 Å². The zero-order valence-electron chi connectivity index (χ0n) is 19.1. The van der Waals surface area contributed by atoms with Crippen molar-refractivity contribution in [3.8, 4) is 11.5 Å². The van der Waals surface area contributed by atoms with Gasteiger partial charge in [-0.15, -0.1) is 0 Å². The van der Waals surface area contributed by atoms with E-state index in [0.29, 0.717) is 68.0 Å². The first-order valence-corrected chi connectivity index (χ1v) is 11.6. The van der Waals surface area contributed by atoms with Crippen molar-refractivity contribution in [2.45, 2.75) is 19.4 Å². The third-order valence-electron chi connectivity index (χ3n) is 6.36. The Morgan fingerprint density at radius 1 is 1.00 bits per heavy atom. The molecule has 1 atom stereocenters. The highest BCUT2D eigenvalue weighted by Crippen LogP contribution is 2.41. The number of carbonyl (C=O) groups excluding carboxylic acids is 2. The molecule has 2 aromatic rings. The summed E-state index contributed by atoms with van der Waals surface area (Å²) in [4.78, 5) is 30.0. The Morgan fingerprint density at radius 3 is 2.50 bits per heavy atom. The molecule has 0 bridgehead atoms. The van der Waals surface area contributed by atoms with Crippen LogP contribution in [0.4, 0.5) is 0 Å². The molecule has 3 aliphatic rings. The van der Waals surface area contributed by atoms with Gasteiger partial charge in [0.25, 0.3) is 11.7 Å². The number of amides is 1. The molecule has 3 aliphatic heterocycles. The van der Waals surface area contributed by atoms with Crippen molar-refractivity contribution < 1.29 is 33.3 Å². The normalized spacial score (nSPS) is 22.4. The molecule has 0 spiro atoms. The van der Waals surface area contributed by atoms with Crippen LogP contribution in [-0.4, -0.2) is 79.2 Å². The van der Waals surface area contributed by atoms with Gasteiger partial charge in [-0.05, 0) is 43.7 Å². The van der Waals surface area contributed by atoms with Crippen LogP contribution < -0.4 is 9.47 Å². The number of hydrogen-bond donors (Lipinski definition) is 1. The van der Waals surface area contributed by atoms with Gasteiger partial charge < -0.3 is 28.6 Å². The molecule has 2 saturated heterocycles. The lowest BCUT2D eigenvalue weighted by atomic mass is 9.99. The third-order valence-corrected chi connectivity index (χ3v) is 6.36. The molecule has 0 aliphatic carbocycles. The maximum Gasteiger partial charge on any atom is 0.295 e. The van der Waals surface area contributed by atoms with E-state index in [2.05, 4.69) is 4.90 Å². The summed E-state index contributed by atoms with van der Waals surface area (Å²) in [6, 6.07) is 7.70. The van der Waals surface area contributed by atoms with Crippen LogP contribution in [0.2, 0.25) is 0 Å². The number of Topliss-reactive ketones (excluding diaryl/α,β-unsaturated/α-hetero) is 1. The van der Waals surface area contributed by atoms with Gasteiger partial charge in [0.15, 0.2) is 11.5 Å². The van der Waals surface area contributed by atoms with Crippen molar-refractivity contribution in [3.05, 3.63) is 53.0 Å². The second-order valence-electron chi connectivity index (χ2n) is 8.61. The largest absolute Gasteiger partial charge is 0.507 e. The molecule has 2 fully saturated rings. The Hall–Kier alpha value is -3.30. The number of carbonyl (C=O) groups is 2. The molecule has 9 heteroatoms. The van der Waals surface area contributed by atoms with E-state index in [1.165, 1.54) is 4.90 Å². The molecule has 4 heterocycles. The average molecular weight is 469 g/mol. The molecule has 1 unspecified atom stereocenters. The number of ether oxygens (including phenoxy) is 3. The minimum absolute atomic E-state index is 0.0161. The Balaban J connectivity index is 1.46. The monoisotopic (exact) mass is 468 g/mol. The van der Waals surface area contributed by atoms with Crippen LogP contribution in [0.15, 0.2) is 40.3 Å². The fourth-order valence-corrected chi connectivity index (χ4v) is 4.64. The molecule has 1 aromatic carbocycles. The standard InChI is InChI=1S/C25H28N2O7/c1-16-3-5-19(34-16)22-21(23(28)17-4-6-18-20(15-17)33-14-13-32-18)24(29)25(30)27(22)8-2-7-26-9-11-31-12-10-26/h3-6,15,22,28H,2,7-14H2,1H3/b23-21-. The summed E-state index contributed by atoms with van der Waals surface area (Å²) in [6.07, 6.45) is 0.688. The summed E-state index contributed by atoms with van der Waals surface area (Å²) in [5.41, 5.74) is 0.395. The first-order chi connectivity index (χ1) is 16.5. The molecule has 180 valence electrons. The molecule has 0 radical (unpaired) electrons. The number of hydrogen-bond acceptors (Lipinski definition) is 8. The molecule has 34 heavy (non-hydrogen) atoms. The number of likely N-dealkylation sites (tertiary alicyclic amines) is 1. The Kier molecular flexibility index (Phi) is 6.30. The van der Waals surface area contributed by atoms with Gasteiger partial charge in [-0.25, -0.2) is 0 Å². The van der Waals surface area contributed by atoms with Crippen molar-refractivity contribution in [2.75, 3.05) is 52.6 Å². The lowest BCUT2D eigenvalue weighted by molar-refractivity contribution is -0.140. The lowest BCUT2D eigenvalue weighted by Gasteiger charge is -2.28. The van der Waals surface area contributed by atoms with E-state index in [1.807, 2.05) is 0 Å². The number of fused-ring (bicyclic) bond motifs is 1. The summed E-state index contributed by atoms with van der Waals surface area (Å²) in [5.74, 6) is 0.545. The topological polar surface area (TPSA) is 102 Å². The number of aliphatic hydroxyl groups is 1. The van der Waals surface area contributed by atoms with Crippen molar-refractivity contribution in [1.82, 2.24) is 9.80 Å². The van der Waals surface area contributed by atoms with E-state index < -0.39 is 17.7 Å². The third kappa shape index (κ3) is 4.28. The van der Waals surface area contributed by atoms with Crippen molar-refractivity contribution in [3.63, 3.8) is 0 Å². The molecule has 1 N–H and O–H groups in total. The molecule has 1 amide bonds. The SMILES string of the molecule is Cc1ccc(C2/C(=C(/O)c3ccc4c(c3)OCCO4)C(=O)C(=O)N2CCCN2CCOCC2)o1. The Bertz CT molecular complexity index is 1120. The van der Waals surface area contributed by atoms with E-state index in [1.54, 1.807) is 37.3 Å². The Morgan fingerprint density at radius 2 is 1.76 bits per heavy atom. The molecular formula is C25H28N2O7. The van der Waals surface area contributed by atoms with Gasteiger partial charge in [0.2, 0.25) is 0 Å². The zero-order valence-corrected chi connectivity index (χ0v) is 19.1.